The van der Waals surface area contributed by atoms with E-state index >= 15 is 0 Å². The molecule has 2 rings (SSSR count). The SMILES string of the molecule is O=C(C[C@@H]1C/C=C/CCC(=O)O[C@H](c2ccccc2)CNC1=O)NCCCC(F)(F)F. The molecule has 0 fully saturated rings. The number of esters is 1. The lowest BCUT2D eigenvalue weighted by atomic mass is 9.98. The number of ether oxygens (including phenoxy) is 1. The molecule has 0 aliphatic carbocycles. The van der Waals surface area contributed by atoms with Crippen molar-refractivity contribution in [3.8, 4) is 0 Å². The van der Waals surface area contributed by atoms with Crippen LogP contribution in [0.2, 0.25) is 0 Å². The molecule has 1 aliphatic heterocycles. The second kappa shape index (κ2) is 12.1. The smallest absolute Gasteiger partial charge is 0.389 e. The third-order valence-corrected chi connectivity index (χ3v) is 4.77. The zero-order valence-electron chi connectivity index (χ0n) is 17.1. The van der Waals surface area contributed by atoms with Crippen molar-refractivity contribution < 1.29 is 32.3 Å². The Morgan fingerprint density at radius 2 is 1.90 bits per heavy atom. The first-order valence-electron chi connectivity index (χ1n) is 10.2. The van der Waals surface area contributed by atoms with Crippen LogP contribution in [0.5, 0.6) is 0 Å². The van der Waals surface area contributed by atoms with Crippen molar-refractivity contribution in [2.45, 2.75) is 50.8 Å². The quantitative estimate of drug-likeness (QED) is 0.402. The molecule has 0 saturated carbocycles. The van der Waals surface area contributed by atoms with Crippen LogP contribution in [0.3, 0.4) is 0 Å². The van der Waals surface area contributed by atoms with E-state index in [0.29, 0.717) is 6.42 Å². The van der Waals surface area contributed by atoms with Gasteiger partial charge in [0.2, 0.25) is 11.8 Å². The van der Waals surface area contributed by atoms with Gasteiger partial charge in [0, 0.05) is 25.8 Å². The van der Waals surface area contributed by atoms with E-state index in [0.717, 1.165) is 5.56 Å². The molecule has 1 heterocycles. The first-order chi connectivity index (χ1) is 14.7. The molecule has 2 amide bonds. The van der Waals surface area contributed by atoms with Gasteiger partial charge in [-0.1, -0.05) is 42.5 Å². The van der Waals surface area contributed by atoms with Gasteiger partial charge in [-0.25, -0.2) is 0 Å². The number of carbonyl (C=O) groups excluding carboxylic acids is 3. The normalized spacial score (nSPS) is 21.8. The highest BCUT2D eigenvalue weighted by Gasteiger charge is 2.27. The Hall–Kier alpha value is -2.84. The average molecular weight is 440 g/mol. The summed E-state index contributed by atoms with van der Waals surface area (Å²) in [6.45, 7) is -0.0451. The van der Waals surface area contributed by atoms with Crippen LogP contribution in [0.15, 0.2) is 42.5 Å². The summed E-state index contributed by atoms with van der Waals surface area (Å²) in [5, 5.41) is 5.17. The summed E-state index contributed by atoms with van der Waals surface area (Å²) < 4.78 is 42.1. The number of rotatable bonds is 6. The van der Waals surface area contributed by atoms with E-state index in [1.165, 1.54) is 0 Å². The lowest BCUT2D eigenvalue weighted by Gasteiger charge is -2.21. The number of nitrogens with one attached hydrogen (secondary N) is 2. The summed E-state index contributed by atoms with van der Waals surface area (Å²) in [4.78, 5) is 36.9. The highest BCUT2D eigenvalue weighted by atomic mass is 19.4. The van der Waals surface area contributed by atoms with Crippen LogP contribution in [0.4, 0.5) is 13.2 Å². The van der Waals surface area contributed by atoms with Crippen molar-refractivity contribution in [2.24, 2.45) is 5.92 Å². The lowest BCUT2D eigenvalue weighted by Crippen LogP contribution is -2.37. The number of benzene rings is 1. The summed E-state index contributed by atoms with van der Waals surface area (Å²) >= 11 is 0. The number of alkyl halides is 3. The molecule has 0 spiro atoms. The highest BCUT2D eigenvalue weighted by molar-refractivity contribution is 5.86. The van der Waals surface area contributed by atoms with Crippen LogP contribution in [0, 0.1) is 5.92 Å². The second-order valence-electron chi connectivity index (χ2n) is 7.35. The van der Waals surface area contributed by atoms with Gasteiger partial charge in [-0.15, -0.1) is 0 Å². The first-order valence-corrected chi connectivity index (χ1v) is 10.2. The van der Waals surface area contributed by atoms with Crippen LogP contribution in [-0.4, -0.2) is 37.0 Å². The Morgan fingerprint density at radius 1 is 1.16 bits per heavy atom. The lowest BCUT2D eigenvalue weighted by molar-refractivity contribution is -0.150. The van der Waals surface area contributed by atoms with Gasteiger partial charge in [-0.2, -0.15) is 13.2 Å². The molecule has 0 aromatic heterocycles. The number of allylic oxidation sites excluding steroid dienone is 2. The third-order valence-electron chi connectivity index (χ3n) is 4.77. The molecule has 0 unspecified atom stereocenters. The number of hydrogen-bond donors (Lipinski definition) is 2. The van der Waals surface area contributed by atoms with Crippen molar-refractivity contribution in [1.82, 2.24) is 10.6 Å². The molecule has 2 atom stereocenters. The minimum atomic E-state index is -4.26. The number of carbonyl (C=O) groups is 3. The van der Waals surface area contributed by atoms with Crippen LogP contribution >= 0.6 is 0 Å². The Labute approximate surface area is 179 Å². The molecule has 0 radical (unpaired) electrons. The molecule has 2 N–H and O–H groups in total. The standard InChI is InChI=1S/C22H27F3N2O4/c23-22(24,25)12-7-13-26-19(28)14-17-10-5-2-6-11-20(29)31-18(15-27-21(17)30)16-8-3-1-4-9-16/h1-5,8-9,17-18H,6-7,10-15H2,(H,26,28)(H,27,30)/b5-2+/t17-,18-/m0/s1. The van der Waals surface area contributed by atoms with Gasteiger partial charge < -0.3 is 15.4 Å². The number of hydrogen-bond acceptors (Lipinski definition) is 4. The maximum absolute atomic E-state index is 12.7. The van der Waals surface area contributed by atoms with Gasteiger partial charge in [-0.3, -0.25) is 14.4 Å². The Bertz CT molecular complexity index is 766. The maximum Gasteiger partial charge on any atom is 0.389 e. The fraction of sp³-hybridized carbons (Fsp3) is 0.500. The minimum Gasteiger partial charge on any atom is -0.456 e. The Balaban J connectivity index is 1.97. The molecule has 0 bridgehead atoms. The molecule has 1 aliphatic rings. The number of amides is 2. The first kappa shape index (κ1) is 24.4. The van der Waals surface area contributed by atoms with Crippen molar-refractivity contribution >= 4 is 17.8 Å². The molecule has 170 valence electrons. The predicted octanol–water partition coefficient (Wildman–Crippen LogP) is 3.59. The van der Waals surface area contributed by atoms with Crippen LogP contribution in [0.1, 0.15) is 50.2 Å². The molecule has 9 heteroatoms. The third kappa shape index (κ3) is 9.67. The average Bonchev–Trinajstić information content (AvgIpc) is 2.72. The van der Waals surface area contributed by atoms with Gasteiger partial charge in [0.25, 0.3) is 0 Å². The zero-order valence-corrected chi connectivity index (χ0v) is 17.1. The predicted molar refractivity (Wildman–Crippen MR) is 108 cm³/mol. The van der Waals surface area contributed by atoms with Crippen molar-refractivity contribution in [3.05, 3.63) is 48.0 Å². The molecular weight excluding hydrogens is 413 g/mol. The maximum atomic E-state index is 12.7. The number of cyclic esters (lactones) is 1. The van der Waals surface area contributed by atoms with Gasteiger partial charge in [0.15, 0.2) is 0 Å². The Morgan fingerprint density at radius 3 is 2.61 bits per heavy atom. The van der Waals surface area contributed by atoms with Crippen LogP contribution < -0.4 is 10.6 Å². The summed E-state index contributed by atoms with van der Waals surface area (Å²) in [5.74, 6) is -1.91. The largest absolute Gasteiger partial charge is 0.456 e. The van der Waals surface area contributed by atoms with Gasteiger partial charge in [0.05, 0.1) is 12.5 Å². The molecule has 0 saturated heterocycles. The molecular formula is C22H27F3N2O4. The Kier molecular flexibility index (Phi) is 9.55. The second-order valence-corrected chi connectivity index (χ2v) is 7.35. The van der Waals surface area contributed by atoms with E-state index in [1.54, 1.807) is 36.4 Å². The molecule has 1 aromatic carbocycles. The van der Waals surface area contributed by atoms with Crippen molar-refractivity contribution in [2.75, 3.05) is 13.1 Å². The van der Waals surface area contributed by atoms with Gasteiger partial charge in [0.1, 0.15) is 6.10 Å². The monoisotopic (exact) mass is 440 g/mol. The minimum absolute atomic E-state index is 0.0575. The van der Waals surface area contributed by atoms with Gasteiger partial charge >= 0.3 is 12.1 Å². The van der Waals surface area contributed by atoms with Crippen molar-refractivity contribution in [3.63, 3.8) is 0 Å². The summed E-state index contributed by atoms with van der Waals surface area (Å²) in [5.41, 5.74) is 0.739. The fourth-order valence-corrected chi connectivity index (χ4v) is 3.13. The van der Waals surface area contributed by atoms with E-state index in [2.05, 4.69) is 10.6 Å². The van der Waals surface area contributed by atoms with Crippen LogP contribution in [0.25, 0.3) is 0 Å². The van der Waals surface area contributed by atoms with E-state index in [9.17, 15) is 27.6 Å². The highest BCUT2D eigenvalue weighted by Crippen LogP contribution is 2.21. The summed E-state index contributed by atoms with van der Waals surface area (Å²) in [6, 6.07) is 9.02. The van der Waals surface area contributed by atoms with Crippen LogP contribution in [-0.2, 0) is 19.1 Å². The van der Waals surface area contributed by atoms with E-state index < -0.39 is 30.5 Å². The molecule has 31 heavy (non-hydrogen) atoms. The zero-order chi connectivity index (χ0) is 22.7. The topological polar surface area (TPSA) is 84.5 Å². The van der Waals surface area contributed by atoms with E-state index in [1.807, 2.05) is 6.07 Å². The number of halogens is 3. The van der Waals surface area contributed by atoms with E-state index in [4.69, 9.17) is 4.74 Å². The van der Waals surface area contributed by atoms with E-state index in [-0.39, 0.29) is 50.6 Å². The summed E-state index contributed by atoms with van der Waals surface area (Å²) in [7, 11) is 0. The summed E-state index contributed by atoms with van der Waals surface area (Å²) in [6.07, 6.45) is -1.84. The van der Waals surface area contributed by atoms with Gasteiger partial charge in [-0.05, 0) is 24.8 Å². The molecule has 1 aromatic rings. The fourth-order valence-electron chi connectivity index (χ4n) is 3.13. The molecule has 6 nitrogen and oxygen atoms in total. The van der Waals surface area contributed by atoms with Crippen molar-refractivity contribution in [1.29, 1.82) is 0 Å².